The Morgan fingerprint density at radius 3 is 2.83 bits per heavy atom. The molecule has 1 amide bonds. The van der Waals surface area contributed by atoms with Crippen molar-refractivity contribution in [1.82, 2.24) is 5.16 Å². The smallest absolute Gasteiger partial charge is 0.331 e. The number of amides is 1. The molecule has 0 aliphatic heterocycles. The Morgan fingerprint density at radius 1 is 1.42 bits per heavy atom. The minimum atomic E-state index is -1.05. The molecule has 2 rings (SSSR count). The van der Waals surface area contributed by atoms with Crippen LogP contribution < -0.4 is 5.32 Å². The molecule has 0 radical (unpaired) electrons. The predicted molar refractivity (Wildman–Crippen MR) is 88.6 cm³/mol. The number of aryl methyl sites for hydroxylation is 1. The van der Waals surface area contributed by atoms with Crippen molar-refractivity contribution in [1.29, 1.82) is 0 Å². The third-order valence-corrected chi connectivity index (χ3v) is 3.39. The van der Waals surface area contributed by atoms with Gasteiger partial charge in [0.1, 0.15) is 11.6 Å². The second kappa shape index (κ2) is 7.87. The molecule has 0 spiro atoms. The van der Waals surface area contributed by atoms with Crippen LogP contribution in [0.25, 0.3) is 6.08 Å². The lowest BCUT2D eigenvalue weighted by atomic mass is 10.2. The average molecular weight is 397 g/mol. The van der Waals surface area contributed by atoms with Gasteiger partial charge in [0.25, 0.3) is 5.91 Å². The second-order valence-corrected chi connectivity index (χ2v) is 5.81. The van der Waals surface area contributed by atoms with Crippen LogP contribution in [-0.2, 0) is 14.3 Å². The predicted octanol–water partition coefficient (Wildman–Crippen LogP) is 3.47. The Labute approximate surface area is 145 Å². The average Bonchev–Trinajstić information content (AvgIpc) is 2.93. The third kappa shape index (κ3) is 5.02. The van der Waals surface area contributed by atoms with Gasteiger partial charge in [-0.1, -0.05) is 21.1 Å². The molecule has 1 unspecified atom stereocenters. The highest BCUT2D eigenvalue weighted by Gasteiger charge is 2.18. The highest BCUT2D eigenvalue weighted by atomic mass is 79.9. The third-order valence-electron chi connectivity index (χ3n) is 2.90. The molecular weight excluding hydrogens is 383 g/mol. The molecule has 1 heterocycles. The van der Waals surface area contributed by atoms with Gasteiger partial charge >= 0.3 is 5.97 Å². The van der Waals surface area contributed by atoms with Gasteiger partial charge in [-0.05, 0) is 38.1 Å². The first kappa shape index (κ1) is 17.9. The van der Waals surface area contributed by atoms with Gasteiger partial charge in [0.2, 0.25) is 0 Å². The number of anilines is 1. The molecule has 1 aromatic carbocycles. The van der Waals surface area contributed by atoms with Crippen molar-refractivity contribution in [3.63, 3.8) is 0 Å². The maximum absolute atomic E-state index is 13.6. The summed E-state index contributed by atoms with van der Waals surface area (Å²) in [5.74, 6) is -1.04. The number of nitrogens with one attached hydrogen (secondary N) is 1. The number of rotatable bonds is 5. The number of carbonyl (C=O) groups is 2. The first-order chi connectivity index (χ1) is 11.3. The molecule has 1 atom stereocenters. The van der Waals surface area contributed by atoms with Gasteiger partial charge < -0.3 is 14.6 Å². The zero-order chi connectivity index (χ0) is 17.7. The van der Waals surface area contributed by atoms with Gasteiger partial charge in [0, 0.05) is 22.2 Å². The molecule has 2 aromatic rings. The number of carbonyl (C=O) groups excluding carboxylic acids is 2. The van der Waals surface area contributed by atoms with E-state index in [0.29, 0.717) is 10.2 Å². The molecular formula is C16H14BrFN2O4. The van der Waals surface area contributed by atoms with Crippen LogP contribution in [0.5, 0.6) is 0 Å². The van der Waals surface area contributed by atoms with Gasteiger partial charge in [0.15, 0.2) is 11.9 Å². The standard InChI is InChI=1S/C16H14BrFN2O4/c1-9-7-14(20-24-9)19-16(22)10(2)23-15(21)6-3-11-8-12(17)4-5-13(11)18/h3-8,10H,1-2H3,(H,19,20,22)/b6-3+. The van der Waals surface area contributed by atoms with Crippen LogP contribution in [0.3, 0.4) is 0 Å². The molecule has 1 N–H and O–H groups in total. The summed E-state index contributed by atoms with van der Waals surface area (Å²) >= 11 is 3.21. The zero-order valence-electron chi connectivity index (χ0n) is 12.9. The van der Waals surface area contributed by atoms with Gasteiger partial charge in [-0.15, -0.1) is 0 Å². The zero-order valence-corrected chi connectivity index (χ0v) is 14.5. The number of hydrogen-bond acceptors (Lipinski definition) is 5. The Balaban J connectivity index is 1.92. The van der Waals surface area contributed by atoms with E-state index in [9.17, 15) is 14.0 Å². The minimum Gasteiger partial charge on any atom is -0.449 e. The highest BCUT2D eigenvalue weighted by molar-refractivity contribution is 9.10. The molecule has 0 saturated heterocycles. The van der Waals surface area contributed by atoms with Crippen molar-refractivity contribution < 1.29 is 23.2 Å². The van der Waals surface area contributed by atoms with Crippen molar-refractivity contribution in [2.75, 3.05) is 5.32 Å². The van der Waals surface area contributed by atoms with E-state index in [4.69, 9.17) is 9.26 Å². The quantitative estimate of drug-likeness (QED) is 0.617. The number of nitrogens with zero attached hydrogens (tertiary/aromatic N) is 1. The molecule has 24 heavy (non-hydrogen) atoms. The number of halogens is 2. The van der Waals surface area contributed by atoms with Crippen LogP contribution in [0.2, 0.25) is 0 Å². The summed E-state index contributed by atoms with van der Waals surface area (Å²) in [6.45, 7) is 3.09. The number of benzene rings is 1. The molecule has 0 aliphatic rings. The van der Waals surface area contributed by atoms with E-state index in [0.717, 1.165) is 6.08 Å². The normalized spacial score (nSPS) is 12.2. The Bertz CT molecular complexity index is 788. The maximum Gasteiger partial charge on any atom is 0.331 e. The fourth-order valence-corrected chi connectivity index (χ4v) is 2.10. The minimum absolute atomic E-state index is 0.219. The van der Waals surface area contributed by atoms with E-state index in [1.165, 1.54) is 31.2 Å². The summed E-state index contributed by atoms with van der Waals surface area (Å²) in [5.41, 5.74) is 0.219. The molecule has 8 heteroatoms. The molecule has 6 nitrogen and oxygen atoms in total. The van der Waals surface area contributed by atoms with Crippen molar-refractivity contribution in [2.24, 2.45) is 0 Å². The monoisotopic (exact) mass is 396 g/mol. The molecule has 1 aromatic heterocycles. The largest absolute Gasteiger partial charge is 0.449 e. The molecule has 126 valence electrons. The lowest BCUT2D eigenvalue weighted by Gasteiger charge is -2.10. The van der Waals surface area contributed by atoms with E-state index >= 15 is 0 Å². The number of aromatic nitrogens is 1. The van der Waals surface area contributed by atoms with Gasteiger partial charge in [-0.3, -0.25) is 4.79 Å². The van der Waals surface area contributed by atoms with Crippen molar-refractivity contribution in [3.05, 3.63) is 52.0 Å². The van der Waals surface area contributed by atoms with Crippen LogP contribution in [0.4, 0.5) is 10.2 Å². The summed E-state index contributed by atoms with van der Waals surface area (Å²) in [4.78, 5) is 23.6. The van der Waals surface area contributed by atoms with Crippen molar-refractivity contribution >= 4 is 39.7 Å². The summed E-state index contributed by atoms with van der Waals surface area (Å²) in [6.07, 6.45) is 1.27. The summed E-state index contributed by atoms with van der Waals surface area (Å²) in [6, 6.07) is 5.86. The molecule has 0 aliphatic carbocycles. The van der Waals surface area contributed by atoms with Crippen LogP contribution in [0.1, 0.15) is 18.2 Å². The van der Waals surface area contributed by atoms with Crippen LogP contribution in [0, 0.1) is 12.7 Å². The van der Waals surface area contributed by atoms with Crippen LogP contribution in [0.15, 0.2) is 39.3 Å². The first-order valence-corrected chi connectivity index (χ1v) is 7.72. The maximum atomic E-state index is 13.6. The molecule has 0 fully saturated rings. The van der Waals surface area contributed by atoms with E-state index < -0.39 is 23.8 Å². The second-order valence-electron chi connectivity index (χ2n) is 4.89. The number of ether oxygens (including phenoxy) is 1. The van der Waals surface area contributed by atoms with E-state index in [1.807, 2.05) is 0 Å². The SMILES string of the molecule is Cc1cc(NC(=O)C(C)OC(=O)/C=C/c2cc(Br)ccc2F)no1. The number of hydrogen-bond donors (Lipinski definition) is 1. The Kier molecular flexibility index (Phi) is 5.86. The topological polar surface area (TPSA) is 81.4 Å². The summed E-state index contributed by atoms with van der Waals surface area (Å²) < 4.78 is 24.0. The van der Waals surface area contributed by atoms with E-state index in [-0.39, 0.29) is 11.4 Å². The lowest BCUT2D eigenvalue weighted by molar-refractivity contribution is -0.148. The van der Waals surface area contributed by atoms with Crippen molar-refractivity contribution in [2.45, 2.75) is 20.0 Å². The summed E-state index contributed by atoms with van der Waals surface area (Å²) in [7, 11) is 0. The van der Waals surface area contributed by atoms with Crippen LogP contribution >= 0.6 is 15.9 Å². The van der Waals surface area contributed by atoms with Gasteiger partial charge in [-0.25, -0.2) is 9.18 Å². The lowest BCUT2D eigenvalue weighted by Crippen LogP contribution is -2.29. The Hall–Kier alpha value is -2.48. The highest BCUT2D eigenvalue weighted by Crippen LogP contribution is 2.17. The van der Waals surface area contributed by atoms with Gasteiger partial charge in [0.05, 0.1) is 0 Å². The number of esters is 1. The Morgan fingerprint density at radius 2 is 2.17 bits per heavy atom. The fourth-order valence-electron chi connectivity index (χ4n) is 1.72. The van der Waals surface area contributed by atoms with Gasteiger partial charge in [-0.2, -0.15) is 0 Å². The fraction of sp³-hybridized carbons (Fsp3) is 0.188. The van der Waals surface area contributed by atoms with Crippen molar-refractivity contribution in [3.8, 4) is 0 Å². The molecule has 0 bridgehead atoms. The molecule has 0 saturated carbocycles. The first-order valence-electron chi connectivity index (χ1n) is 6.93. The van der Waals surface area contributed by atoms with E-state index in [1.54, 1.807) is 13.0 Å². The van der Waals surface area contributed by atoms with Crippen LogP contribution in [-0.4, -0.2) is 23.1 Å². The summed E-state index contributed by atoms with van der Waals surface area (Å²) in [5, 5.41) is 6.05. The van der Waals surface area contributed by atoms with E-state index in [2.05, 4.69) is 26.4 Å².